The van der Waals surface area contributed by atoms with Gasteiger partial charge in [-0.2, -0.15) is 0 Å². The molecule has 2 aromatic rings. The minimum absolute atomic E-state index is 0.143. The Kier molecular flexibility index (Phi) is 3.83. The molecule has 0 radical (unpaired) electrons. The van der Waals surface area contributed by atoms with Gasteiger partial charge in [-0.15, -0.1) is 0 Å². The van der Waals surface area contributed by atoms with Crippen molar-refractivity contribution in [1.82, 2.24) is 9.97 Å². The Morgan fingerprint density at radius 3 is 2.81 bits per heavy atom. The number of piperidine rings is 1. The third-order valence-electron chi connectivity index (χ3n) is 5.88. The lowest BCUT2D eigenvalue weighted by molar-refractivity contribution is -0.0167. The molecule has 0 aliphatic carbocycles. The Labute approximate surface area is 152 Å². The first-order valence-electron chi connectivity index (χ1n) is 9.33. The van der Waals surface area contributed by atoms with Crippen molar-refractivity contribution in [2.45, 2.75) is 44.0 Å². The molecule has 0 bridgehead atoms. The average molecular weight is 353 g/mol. The van der Waals surface area contributed by atoms with Crippen LogP contribution in [0.5, 0.6) is 5.75 Å². The van der Waals surface area contributed by atoms with E-state index in [1.54, 1.807) is 6.33 Å². The van der Waals surface area contributed by atoms with Gasteiger partial charge in [-0.05, 0) is 24.5 Å². The molecule has 26 heavy (non-hydrogen) atoms. The monoisotopic (exact) mass is 353 g/mol. The van der Waals surface area contributed by atoms with E-state index in [2.05, 4.69) is 20.9 Å². The number of benzene rings is 1. The summed E-state index contributed by atoms with van der Waals surface area (Å²) in [7, 11) is 0. The van der Waals surface area contributed by atoms with Crippen LogP contribution in [0.25, 0.3) is 0 Å². The molecular weight excluding hydrogens is 330 g/mol. The summed E-state index contributed by atoms with van der Waals surface area (Å²) in [6.07, 6.45) is 4.73. The third-order valence-corrected chi connectivity index (χ3v) is 5.88. The second-order valence-electron chi connectivity index (χ2n) is 7.53. The van der Waals surface area contributed by atoms with E-state index >= 15 is 0 Å². The van der Waals surface area contributed by atoms with Gasteiger partial charge in [0, 0.05) is 31.5 Å². The molecule has 6 nitrogen and oxygen atoms in total. The van der Waals surface area contributed by atoms with Crippen LogP contribution >= 0.6 is 0 Å². The number of aromatic nitrogens is 2. The molecule has 4 heterocycles. The SMILES string of the molecule is O[C@H]1COC2(CCN(c3ncnc4c3Cc3ccccc3OC4)CC2)C1. The summed E-state index contributed by atoms with van der Waals surface area (Å²) in [5, 5.41) is 9.84. The van der Waals surface area contributed by atoms with Gasteiger partial charge in [-0.1, -0.05) is 18.2 Å². The largest absolute Gasteiger partial charge is 0.487 e. The number of hydrogen-bond donors (Lipinski definition) is 1. The molecule has 0 saturated carbocycles. The lowest BCUT2D eigenvalue weighted by Crippen LogP contribution is -2.45. The molecule has 1 atom stereocenters. The topological polar surface area (TPSA) is 67.7 Å². The number of aliphatic hydroxyl groups is 1. The van der Waals surface area contributed by atoms with Crippen molar-refractivity contribution in [2.24, 2.45) is 0 Å². The number of rotatable bonds is 1. The van der Waals surface area contributed by atoms with Crippen molar-refractivity contribution in [3.63, 3.8) is 0 Å². The first-order valence-corrected chi connectivity index (χ1v) is 9.33. The molecule has 3 aliphatic heterocycles. The van der Waals surface area contributed by atoms with Crippen LogP contribution in [0.1, 0.15) is 36.1 Å². The Morgan fingerprint density at radius 1 is 1.15 bits per heavy atom. The molecule has 1 N–H and O–H groups in total. The lowest BCUT2D eigenvalue weighted by Gasteiger charge is -2.39. The van der Waals surface area contributed by atoms with Crippen LogP contribution in [0, 0.1) is 0 Å². The summed E-state index contributed by atoms with van der Waals surface area (Å²) in [6, 6.07) is 8.17. The van der Waals surface area contributed by atoms with E-state index in [9.17, 15) is 5.11 Å². The number of ether oxygens (including phenoxy) is 2. The van der Waals surface area contributed by atoms with E-state index in [0.717, 1.165) is 56.0 Å². The highest BCUT2D eigenvalue weighted by atomic mass is 16.5. The zero-order valence-electron chi connectivity index (χ0n) is 14.7. The van der Waals surface area contributed by atoms with Gasteiger partial charge >= 0.3 is 0 Å². The Bertz CT molecular complexity index is 818. The molecule has 1 aromatic heterocycles. The van der Waals surface area contributed by atoms with Gasteiger partial charge in [0.05, 0.1) is 24.0 Å². The highest BCUT2D eigenvalue weighted by molar-refractivity contribution is 5.53. The van der Waals surface area contributed by atoms with Gasteiger partial charge in [-0.25, -0.2) is 9.97 Å². The Balaban J connectivity index is 1.42. The van der Waals surface area contributed by atoms with Crippen molar-refractivity contribution < 1.29 is 14.6 Å². The van der Waals surface area contributed by atoms with Crippen molar-refractivity contribution in [2.75, 3.05) is 24.6 Å². The number of nitrogens with zero attached hydrogens (tertiary/aromatic N) is 3. The smallest absolute Gasteiger partial charge is 0.135 e. The Morgan fingerprint density at radius 2 is 2.00 bits per heavy atom. The zero-order chi connectivity index (χ0) is 17.6. The van der Waals surface area contributed by atoms with Crippen LogP contribution < -0.4 is 9.64 Å². The first-order chi connectivity index (χ1) is 12.7. The maximum atomic E-state index is 9.84. The van der Waals surface area contributed by atoms with E-state index in [1.165, 1.54) is 11.1 Å². The summed E-state index contributed by atoms with van der Waals surface area (Å²) in [6.45, 7) is 2.73. The molecule has 5 rings (SSSR count). The normalized spacial score (nSPS) is 23.9. The van der Waals surface area contributed by atoms with Crippen LogP contribution in [0.2, 0.25) is 0 Å². The molecule has 2 saturated heterocycles. The molecule has 1 aromatic carbocycles. The van der Waals surface area contributed by atoms with E-state index < -0.39 is 0 Å². The first kappa shape index (κ1) is 16.0. The van der Waals surface area contributed by atoms with Gasteiger partial charge in [0.1, 0.15) is 24.5 Å². The van der Waals surface area contributed by atoms with Gasteiger partial charge in [0.25, 0.3) is 0 Å². The van der Waals surface area contributed by atoms with Crippen molar-refractivity contribution in [3.8, 4) is 5.75 Å². The molecule has 2 fully saturated rings. The third kappa shape index (κ3) is 2.73. The minimum atomic E-state index is -0.314. The Hall–Kier alpha value is -2.18. The summed E-state index contributed by atoms with van der Waals surface area (Å²) < 4.78 is 11.9. The van der Waals surface area contributed by atoms with E-state index in [-0.39, 0.29) is 11.7 Å². The maximum Gasteiger partial charge on any atom is 0.135 e. The standard InChI is InChI=1S/C20H23N3O3/c24-15-10-20(26-11-15)5-7-23(8-6-20)19-16-9-14-3-1-2-4-18(14)25-12-17(16)21-13-22-19/h1-4,13,15,24H,5-12H2/t15-/m1/s1. The summed E-state index contributed by atoms with van der Waals surface area (Å²) in [5.41, 5.74) is 3.17. The highest BCUT2D eigenvalue weighted by Gasteiger charge is 2.42. The van der Waals surface area contributed by atoms with Gasteiger partial charge in [-0.3, -0.25) is 0 Å². The summed E-state index contributed by atoms with van der Waals surface area (Å²) in [4.78, 5) is 11.4. The van der Waals surface area contributed by atoms with Crippen molar-refractivity contribution in [1.29, 1.82) is 0 Å². The molecule has 3 aliphatic rings. The fraction of sp³-hybridized carbons (Fsp3) is 0.500. The van der Waals surface area contributed by atoms with E-state index in [0.29, 0.717) is 13.2 Å². The molecule has 0 amide bonds. The predicted molar refractivity (Wildman–Crippen MR) is 96.4 cm³/mol. The minimum Gasteiger partial charge on any atom is -0.487 e. The molecule has 6 heteroatoms. The fourth-order valence-electron chi connectivity index (χ4n) is 4.44. The van der Waals surface area contributed by atoms with Gasteiger partial charge < -0.3 is 19.5 Å². The molecule has 136 valence electrons. The summed E-state index contributed by atoms with van der Waals surface area (Å²) >= 11 is 0. The van der Waals surface area contributed by atoms with Gasteiger partial charge in [0.2, 0.25) is 0 Å². The molecule has 0 unspecified atom stereocenters. The number of hydrogen-bond acceptors (Lipinski definition) is 6. The van der Waals surface area contributed by atoms with Crippen LogP contribution in [-0.2, 0) is 17.8 Å². The van der Waals surface area contributed by atoms with Crippen LogP contribution in [0.4, 0.5) is 5.82 Å². The zero-order valence-corrected chi connectivity index (χ0v) is 14.7. The maximum absolute atomic E-state index is 9.84. The number of fused-ring (bicyclic) bond motifs is 2. The van der Waals surface area contributed by atoms with Crippen LogP contribution in [0.3, 0.4) is 0 Å². The van der Waals surface area contributed by atoms with Crippen molar-refractivity contribution >= 4 is 5.82 Å². The molecular formula is C20H23N3O3. The predicted octanol–water partition coefficient (Wildman–Crippen LogP) is 2.08. The second kappa shape index (κ2) is 6.21. The second-order valence-corrected chi connectivity index (χ2v) is 7.53. The van der Waals surface area contributed by atoms with E-state index in [4.69, 9.17) is 9.47 Å². The van der Waals surface area contributed by atoms with Gasteiger partial charge in [0.15, 0.2) is 0 Å². The highest BCUT2D eigenvalue weighted by Crippen LogP contribution is 2.38. The fourth-order valence-corrected chi connectivity index (χ4v) is 4.44. The van der Waals surface area contributed by atoms with E-state index in [1.807, 2.05) is 18.2 Å². The van der Waals surface area contributed by atoms with Crippen molar-refractivity contribution in [3.05, 3.63) is 47.4 Å². The summed E-state index contributed by atoms with van der Waals surface area (Å²) in [5.74, 6) is 1.95. The average Bonchev–Trinajstić information content (AvgIpc) is 2.91. The lowest BCUT2D eigenvalue weighted by atomic mass is 9.87. The quantitative estimate of drug-likeness (QED) is 0.847. The van der Waals surface area contributed by atoms with Crippen LogP contribution in [0.15, 0.2) is 30.6 Å². The number of anilines is 1. The van der Waals surface area contributed by atoms with Crippen LogP contribution in [-0.4, -0.2) is 46.5 Å². The number of aliphatic hydroxyl groups excluding tert-OH is 1. The number of para-hydroxylation sites is 1. The molecule has 1 spiro atoms.